The van der Waals surface area contributed by atoms with E-state index in [0.29, 0.717) is 6.04 Å². The molecule has 0 aromatic carbocycles. The number of hydrogen-bond donors (Lipinski definition) is 1. The molecule has 0 aliphatic carbocycles. The number of rotatable bonds is 7. The number of hydrogen-bond acceptors (Lipinski definition) is 3. The van der Waals surface area contributed by atoms with Gasteiger partial charge in [0.25, 0.3) is 0 Å². The van der Waals surface area contributed by atoms with Crippen LogP contribution in [-0.2, 0) is 4.74 Å². The second kappa shape index (κ2) is 7.37. The standard InChI is InChI=1S/C12H20N2O/c1-3-15-9-5-8-14-11(2)12-6-4-7-13-10-12/h4,6-7,10-11,14H,3,5,8-9H2,1-2H3/t11-/m0/s1. The topological polar surface area (TPSA) is 34.1 Å². The highest BCUT2D eigenvalue weighted by Gasteiger charge is 2.02. The summed E-state index contributed by atoms with van der Waals surface area (Å²) in [4.78, 5) is 4.10. The van der Waals surface area contributed by atoms with Gasteiger partial charge in [-0.15, -0.1) is 0 Å². The molecule has 0 amide bonds. The lowest BCUT2D eigenvalue weighted by atomic mass is 10.1. The quantitative estimate of drug-likeness (QED) is 0.697. The van der Waals surface area contributed by atoms with Crippen molar-refractivity contribution in [3.63, 3.8) is 0 Å². The third kappa shape index (κ3) is 4.91. The van der Waals surface area contributed by atoms with Gasteiger partial charge in [0.1, 0.15) is 0 Å². The largest absolute Gasteiger partial charge is 0.382 e. The second-order valence-electron chi connectivity index (χ2n) is 3.51. The van der Waals surface area contributed by atoms with Crippen LogP contribution in [0.5, 0.6) is 0 Å². The van der Waals surface area contributed by atoms with Crippen LogP contribution in [0.1, 0.15) is 31.9 Å². The molecule has 15 heavy (non-hydrogen) atoms. The van der Waals surface area contributed by atoms with Gasteiger partial charge in [-0.1, -0.05) is 6.07 Å². The lowest BCUT2D eigenvalue weighted by Crippen LogP contribution is -2.21. The molecular weight excluding hydrogens is 188 g/mol. The Morgan fingerprint density at radius 1 is 1.53 bits per heavy atom. The molecule has 0 saturated heterocycles. The van der Waals surface area contributed by atoms with Gasteiger partial charge in [0.2, 0.25) is 0 Å². The van der Waals surface area contributed by atoms with Gasteiger partial charge < -0.3 is 10.1 Å². The van der Waals surface area contributed by atoms with Crippen LogP contribution in [-0.4, -0.2) is 24.7 Å². The van der Waals surface area contributed by atoms with Crippen LogP contribution < -0.4 is 5.32 Å². The fourth-order valence-electron chi connectivity index (χ4n) is 1.39. The molecule has 0 aliphatic rings. The Hall–Kier alpha value is -0.930. The molecule has 1 rings (SSSR count). The molecule has 1 heterocycles. The van der Waals surface area contributed by atoms with Crippen molar-refractivity contribution in [2.75, 3.05) is 19.8 Å². The molecule has 0 fully saturated rings. The smallest absolute Gasteiger partial charge is 0.0477 e. The van der Waals surface area contributed by atoms with Gasteiger partial charge in [-0.2, -0.15) is 0 Å². The first kappa shape index (κ1) is 12.1. The van der Waals surface area contributed by atoms with E-state index in [1.165, 1.54) is 5.56 Å². The summed E-state index contributed by atoms with van der Waals surface area (Å²) >= 11 is 0. The molecule has 0 aliphatic heterocycles. The van der Waals surface area contributed by atoms with E-state index in [-0.39, 0.29) is 0 Å². The van der Waals surface area contributed by atoms with E-state index in [2.05, 4.69) is 23.3 Å². The average molecular weight is 208 g/mol. The third-order valence-corrected chi connectivity index (χ3v) is 2.30. The Labute approximate surface area is 91.9 Å². The summed E-state index contributed by atoms with van der Waals surface area (Å²) in [5.41, 5.74) is 1.23. The van der Waals surface area contributed by atoms with Crippen molar-refractivity contribution >= 4 is 0 Å². The van der Waals surface area contributed by atoms with Gasteiger partial charge in [-0.05, 0) is 38.4 Å². The Bertz CT molecular complexity index is 251. The van der Waals surface area contributed by atoms with Crippen LogP contribution in [0.3, 0.4) is 0 Å². The van der Waals surface area contributed by atoms with E-state index in [1.54, 1.807) is 6.20 Å². The molecule has 1 aromatic rings. The van der Waals surface area contributed by atoms with Crippen LogP contribution in [0.15, 0.2) is 24.5 Å². The summed E-state index contributed by atoms with van der Waals surface area (Å²) in [6.45, 7) is 6.79. The highest BCUT2D eigenvalue weighted by Crippen LogP contribution is 2.09. The van der Waals surface area contributed by atoms with Gasteiger partial charge >= 0.3 is 0 Å². The van der Waals surface area contributed by atoms with Crippen molar-refractivity contribution in [1.29, 1.82) is 0 Å². The number of pyridine rings is 1. The lowest BCUT2D eigenvalue weighted by molar-refractivity contribution is 0.144. The van der Waals surface area contributed by atoms with Crippen molar-refractivity contribution in [3.8, 4) is 0 Å². The van der Waals surface area contributed by atoms with Crippen molar-refractivity contribution in [3.05, 3.63) is 30.1 Å². The highest BCUT2D eigenvalue weighted by molar-refractivity contribution is 5.12. The molecule has 0 saturated carbocycles. The van der Waals surface area contributed by atoms with E-state index in [0.717, 1.165) is 26.2 Å². The zero-order chi connectivity index (χ0) is 10.9. The molecular formula is C12H20N2O. The molecule has 0 unspecified atom stereocenters. The zero-order valence-corrected chi connectivity index (χ0v) is 9.57. The highest BCUT2D eigenvalue weighted by atomic mass is 16.5. The fraction of sp³-hybridized carbons (Fsp3) is 0.583. The Balaban J connectivity index is 2.16. The Morgan fingerprint density at radius 3 is 3.07 bits per heavy atom. The van der Waals surface area contributed by atoms with Crippen LogP contribution in [0.2, 0.25) is 0 Å². The summed E-state index contributed by atoms with van der Waals surface area (Å²) in [7, 11) is 0. The van der Waals surface area contributed by atoms with Gasteiger partial charge in [0, 0.05) is 31.6 Å². The maximum atomic E-state index is 5.27. The Morgan fingerprint density at radius 2 is 2.40 bits per heavy atom. The van der Waals surface area contributed by atoms with E-state index in [1.807, 2.05) is 19.2 Å². The van der Waals surface area contributed by atoms with Crippen LogP contribution in [0, 0.1) is 0 Å². The predicted molar refractivity (Wildman–Crippen MR) is 61.8 cm³/mol. The first-order chi connectivity index (χ1) is 7.34. The minimum Gasteiger partial charge on any atom is -0.382 e. The molecule has 3 nitrogen and oxygen atoms in total. The first-order valence-electron chi connectivity index (χ1n) is 5.55. The van der Waals surface area contributed by atoms with Gasteiger partial charge in [0.05, 0.1) is 0 Å². The predicted octanol–water partition coefficient (Wildman–Crippen LogP) is 2.16. The zero-order valence-electron chi connectivity index (χ0n) is 9.57. The number of nitrogens with zero attached hydrogens (tertiary/aromatic N) is 1. The number of aromatic nitrogens is 1. The lowest BCUT2D eigenvalue weighted by Gasteiger charge is -2.13. The minimum absolute atomic E-state index is 0.361. The van der Waals surface area contributed by atoms with E-state index < -0.39 is 0 Å². The van der Waals surface area contributed by atoms with Gasteiger partial charge in [0.15, 0.2) is 0 Å². The Kier molecular flexibility index (Phi) is 5.97. The molecule has 1 N–H and O–H groups in total. The fourth-order valence-corrected chi connectivity index (χ4v) is 1.39. The van der Waals surface area contributed by atoms with E-state index in [4.69, 9.17) is 4.74 Å². The average Bonchev–Trinajstić information content (AvgIpc) is 2.30. The molecule has 0 spiro atoms. The second-order valence-corrected chi connectivity index (χ2v) is 3.51. The molecule has 0 radical (unpaired) electrons. The number of nitrogens with one attached hydrogen (secondary N) is 1. The third-order valence-electron chi connectivity index (χ3n) is 2.30. The van der Waals surface area contributed by atoms with Crippen molar-refractivity contribution in [2.45, 2.75) is 26.3 Å². The molecule has 3 heteroatoms. The monoisotopic (exact) mass is 208 g/mol. The van der Waals surface area contributed by atoms with Crippen molar-refractivity contribution in [1.82, 2.24) is 10.3 Å². The first-order valence-corrected chi connectivity index (χ1v) is 5.55. The molecule has 0 bridgehead atoms. The van der Waals surface area contributed by atoms with Gasteiger partial charge in [-0.3, -0.25) is 4.98 Å². The van der Waals surface area contributed by atoms with Crippen LogP contribution in [0.4, 0.5) is 0 Å². The van der Waals surface area contributed by atoms with Gasteiger partial charge in [-0.25, -0.2) is 0 Å². The van der Waals surface area contributed by atoms with Crippen LogP contribution >= 0.6 is 0 Å². The summed E-state index contributed by atoms with van der Waals surface area (Å²) < 4.78 is 5.27. The van der Waals surface area contributed by atoms with E-state index in [9.17, 15) is 0 Å². The van der Waals surface area contributed by atoms with Crippen LogP contribution in [0.25, 0.3) is 0 Å². The maximum absolute atomic E-state index is 5.27. The summed E-state index contributed by atoms with van der Waals surface area (Å²) in [5.74, 6) is 0. The molecule has 1 aromatic heterocycles. The molecule has 1 atom stereocenters. The van der Waals surface area contributed by atoms with Crippen molar-refractivity contribution < 1.29 is 4.74 Å². The summed E-state index contributed by atoms with van der Waals surface area (Å²) in [5, 5.41) is 3.44. The maximum Gasteiger partial charge on any atom is 0.0477 e. The minimum atomic E-state index is 0.361. The SMILES string of the molecule is CCOCCCN[C@@H](C)c1cccnc1. The summed E-state index contributed by atoms with van der Waals surface area (Å²) in [6, 6.07) is 4.42. The van der Waals surface area contributed by atoms with Crippen molar-refractivity contribution in [2.24, 2.45) is 0 Å². The summed E-state index contributed by atoms with van der Waals surface area (Å²) in [6.07, 6.45) is 4.75. The normalized spacial score (nSPS) is 12.7. The van der Waals surface area contributed by atoms with E-state index >= 15 is 0 Å². The molecule has 84 valence electrons. The number of ether oxygens (including phenoxy) is 1.